The van der Waals surface area contributed by atoms with E-state index in [-0.39, 0.29) is 0 Å². The van der Waals surface area contributed by atoms with E-state index in [9.17, 15) is 4.21 Å². The van der Waals surface area contributed by atoms with Gasteiger partial charge >= 0.3 is 0 Å². The average Bonchev–Trinajstić information content (AvgIpc) is 2.15. The molecule has 0 spiro atoms. The van der Waals surface area contributed by atoms with Gasteiger partial charge in [-0.05, 0) is 30.2 Å². The van der Waals surface area contributed by atoms with E-state index < -0.39 is 10.8 Å². The lowest BCUT2D eigenvalue weighted by Gasteiger charge is -2.26. The molecule has 0 N–H and O–H groups in total. The van der Waals surface area contributed by atoms with Crippen molar-refractivity contribution in [2.75, 3.05) is 19.8 Å². The summed E-state index contributed by atoms with van der Waals surface area (Å²) in [6.45, 7) is 8.73. The molecule has 0 aromatic heterocycles. The molecule has 0 fully saturated rings. The van der Waals surface area contributed by atoms with Crippen LogP contribution in [0.25, 0.3) is 0 Å². The van der Waals surface area contributed by atoms with Crippen LogP contribution in [0.15, 0.2) is 29.2 Å². The van der Waals surface area contributed by atoms with Gasteiger partial charge in [0, 0.05) is 35.0 Å². The van der Waals surface area contributed by atoms with Crippen molar-refractivity contribution >= 4 is 10.8 Å². The molecule has 1 aromatic rings. The van der Waals surface area contributed by atoms with E-state index in [2.05, 4.69) is 44.9 Å². The van der Waals surface area contributed by atoms with E-state index in [4.69, 9.17) is 0 Å². The Balaban J connectivity index is 2.60. The number of hydrogen-bond acceptors (Lipinski definition) is 2. The first-order chi connectivity index (χ1) is 7.78. The van der Waals surface area contributed by atoms with Gasteiger partial charge in [-0.2, -0.15) is 0 Å². The number of benzene rings is 1. The van der Waals surface area contributed by atoms with Crippen LogP contribution in [0, 0.1) is 5.41 Å². The van der Waals surface area contributed by atoms with Crippen LogP contribution in [-0.4, -0.2) is 29.0 Å². The quantitative estimate of drug-likeness (QED) is 0.822. The minimum atomic E-state index is -0.879. The molecule has 1 aromatic carbocycles. The minimum Gasteiger partial charge on any atom is -0.302 e. The maximum Gasteiger partial charge on any atom is 0.0498 e. The van der Waals surface area contributed by atoms with E-state index in [0.29, 0.717) is 5.41 Å². The Labute approximate surface area is 107 Å². The molecule has 17 heavy (non-hydrogen) atoms. The Morgan fingerprint density at radius 3 is 2.12 bits per heavy atom. The zero-order valence-corrected chi connectivity index (χ0v) is 12.3. The van der Waals surface area contributed by atoms with Crippen LogP contribution in [0.4, 0.5) is 0 Å². The van der Waals surface area contributed by atoms with Crippen molar-refractivity contribution in [1.29, 1.82) is 0 Å². The van der Waals surface area contributed by atoms with E-state index >= 15 is 0 Å². The van der Waals surface area contributed by atoms with Gasteiger partial charge < -0.3 is 4.90 Å². The summed E-state index contributed by atoms with van der Waals surface area (Å²) in [5, 5.41) is 0. The molecule has 0 bridgehead atoms. The predicted octanol–water partition coefficient (Wildman–Crippen LogP) is 2.90. The molecular weight excluding hydrogens is 230 g/mol. The summed E-state index contributed by atoms with van der Waals surface area (Å²) in [6.07, 6.45) is 1.71. The summed E-state index contributed by atoms with van der Waals surface area (Å²) in [5.41, 5.74) is 1.59. The largest absolute Gasteiger partial charge is 0.302 e. The summed E-state index contributed by atoms with van der Waals surface area (Å²) in [5.74, 6) is 0. The van der Waals surface area contributed by atoms with Crippen molar-refractivity contribution in [2.24, 2.45) is 5.41 Å². The smallest absolute Gasteiger partial charge is 0.0498 e. The second-order valence-corrected chi connectivity index (χ2v) is 7.21. The van der Waals surface area contributed by atoms with Crippen molar-refractivity contribution in [1.82, 2.24) is 4.90 Å². The molecule has 0 saturated heterocycles. The average molecular weight is 253 g/mol. The topological polar surface area (TPSA) is 20.3 Å². The summed E-state index contributed by atoms with van der Waals surface area (Å²) < 4.78 is 11.3. The zero-order chi connectivity index (χ0) is 13.1. The van der Waals surface area contributed by atoms with Crippen LogP contribution in [0.5, 0.6) is 0 Å². The normalized spacial score (nSPS) is 14.0. The molecule has 0 heterocycles. The fraction of sp³-hybridized carbons (Fsp3) is 0.571. The molecular formula is C14H23NOS. The van der Waals surface area contributed by atoms with Gasteiger partial charge in [-0.1, -0.05) is 32.9 Å². The van der Waals surface area contributed by atoms with E-state index in [1.807, 2.05) is 12.1 Å². The third kappa shape index (κ3) is 5.46. The zero-order valence-electron chi connectivity index (χ0n) is 11.5. The highest BCUT2D eigenvalue weighted by atomic mass is 32.2. The van der Waals surface area contributed by atoms with Crippen LogP contribution < -0.4 is 0 Å². The highest BCUT2D eigenvalue weighted by Crippen LogP contribution is 2.16. The van der Waals surface area contributed by atoms with Crippen molar-refractivity contribution in [2.45, 2.75) is 32.2 Å². The van der Waals surface area contributed by atoms with Gasteiger partial charge in [0.1, 0.15) is 0 Å². The van der Waals surface area contributed by atoms with Crippen LogP contribution in [0.3, 0.4) is 0 Å². The standard InChI is InChI=1S/C14H23NOS/c1-14(2,3)11-15(4)10-12-6-8-13(9-7-12)17(5)16/h6-9H,10-11H2,1-5H3. The Bertz CT molecular complexity index is 378. The third-order valence-electron chi connectivity index (χ3n) is 2.45. The molecule has 0 amide bonds. The van der Waals surface area contributed by atoms with Gasteiger partial charge in [0.2, 0.25) is 0 Å². The maximum atomic E-state index is 11.3. The first kappa shape index (κ1) is 14.4. The van der Waals surface area contributed by atoms with Gasteiger partial charge in [0.25, 0.3) is 0 Å². The van der Waals surface area contributed by atoms with E-state index in [1.54, 1.807) is 6.26 Å². The number of nitrogens with zero attached hydrogens (tertiary/aromatic N) is 1. The van der Waals surface area contributed by atoms with E-state index in [0.717, 1.165) is 18.0 Å². The minimum absolute atomic E-state index is 0.319. The van der Waals surface area contributed by atoms with Gasteiger partial charge in [0.05, 0.1) is 0 Å². The summed E-state index contributed by atoms with van der Waals surface area (Å²) >= 11 is 0. The molecule has 1 atom stereocenters. The highest BCUT2D eigenvalue weighted by molar-refractivity contribution is 7.84. The summed E-state index contributed by atoms with van der Waals surface area (Å²) in [6, 6.07) is 8.04. The van der Waals surface area contributed by atoms with Gasteiger partial charge in [-0.15, -0.1) is 0 Å². The first-order valence-electron chi connectivity index (χ1n) is 5.89. The fourth-order valence-electron chi connectivity index (χ4n) is 1.96. The van der Waals surface area contributed by atoms with Crippen molar-refractivity contribution in [3.63, 3.8) is 0 Å². The third-order valence-corrected chi connectivity index (χ3v) is 3.39. The number of rotatable bonds is 4. The first-order valence-corrected chi connectivity index (χ1v) is 7.45. The molecule has 2 nitrogen and oxygen atoms in total. The molecule has 96 valence electrons. The molecule has 1 unspecified atom stereocenters. The molecule has 0 saturated carbocycles. The molecule has 0 aliphatic carbocycles. The summed E-state index contributed by atoms with van der Waals surface area (Å²) in [4.78, 5) is 3.21. The lowest BCUT2D eigenvalue weighted by molar-refractivity contribution is 0.221. The SMILES string of the molecule is CN(Cc1ccc(S(C)=O)cc1)CC(C)(C)C. The van der Waals surface area contributed by atoms with E-state index in [1.165, 1.54) is 5.56 Å². The molecule has 1 rings (SSSR count). The predicted molar refractivity (Wildman–Crippen MR) is 74.6 cm³/mol. The van der Waals surface area contributed by atoms with Gasteiger partial charge in [-0.3, -0.25) is 4.21 Å². The molecule has 3 heteroatoms. The second-order valence-electron chi connectivity index (χ2n) is 5.83. The Kier molecular flexibility index (Phi) is 4.90. The van der Waals surface area contributed by atoms with Crippen LogP contribution in [0.1, 0.15) is 26.3 Å². The van der Waals surface area contributed by atoms with Gasteiger partial charge in [-0.25, -0.2) is 0 Å². The second kappa shape index (κ2) is 5.78. The Hall–Kier alpha value is -0.670. The monoisotopic (exact) mass is 253 g/mol. The Morgan fingerprint density at radius 2 is 1.71 bits per heavy atom. The van der Waals surface area contributed by atoms with Gasteiger partial charge in [0.15, 0.2) is 0 Å². The van der Waals surface area contributed by atoms with Crippen molar-refractivity contribution in [3.8, 4) is 0 Å². The highest BCUT2D eigenvalue weighted by Gasteiger charge is 2.13. The maximum absolute atomic E-state index is 11.3. The molecule has 0 aliphatic rings. The van der Waals surface area contributed by atoms with Crippen molar-refractivity contribution < 1.29 is 4.21 Å². The van der Waals surface area contributed by atoms with Crippen LogP contribution in [0.2, 0.25) is 0 Å². The van der Waals surface area contributed by atoms with Crippen molar-refractivity contribution in [3.05, 3.63) is 29.8 Å². The lowest BCUT2D eigenvalue weighted by atomic mass is 9.96. The molecule has 0 aliphatic heterocycles. The van der Waals surface area contributed by atoms with Crippen LogP contribution >= 0.6 is 0 Å². The van der Waals surface area contributed by atoms with Crippen LogP contribution in [-0.2, 0) is 17.3 Å². The summed E-state index contributed by atoms with van der Waals surface area (Å²) in [7, 11) is 1.26. The fourth-order valence-corrected chi connectivity index (χ4v) is 2.48. The lowest BCUT2D eigenvalue weighted by Crippen LogP contribution is -2.28. The number of hydrogen-bond donors (Lipinski definition) is 0. The Morgan fingerprint density at radius 1 is 1.18 bits per heavy atom. The molecule has 0 radical (unpaired) electrons.